The smallest absolute Gasteiger partial charge is 0.290 e. The van der Waals surface area contributed by atoms with E-state index in [0.29, 0.717) is 5.02 Å². The number of nitrogens with one attached hydrogen (secondary N) is 1. The molecule has 0 bridgehead atoms. The second kappa shape index (κ2) is 8.32. The molecule has 1 aromatic heterocycles. The second-order valence-electron chi connectivity index (χ2n) is 4.12. The van der Waals surface area contributed by atoms with Gasteiger partial charge in [0, 0.05) is 18.8 Å². The fourth-order valence-corrected chi connectivity index (χ4v) is 2.34. The average Bonchev–Trinajstić information content (AvgIpc) is 2.85. The third-order valence-electron chi connectivity index (χ3n) is 2.86. The monoisotopic (exact) mass is 334 g/mol. The van der Waals surface area contributed by atoms with Gasteiger partial charge in [-0.25, -0.2) is 4.98 Å². The van der Waals surface area contributed by atoms with Crippen LogP contribution >= 0.6 is 27.5 Å². The summed E-state index contributed by atoms with van der Waals surface area (Å²) in [5.74, 6) is 1.68. The lowest BCUT2D eigenvalue weighted by Gasteiger charge is -2.11. The zero-order chi connectivity index (χ0) is 13.4. The van der Waals surface area contributed by atoms with E-state index < -0.39 is 0 Å². The van der Waals surface area contributed by atoms with Crippen molar-refractivity contribution >= 4 is 39.8 Å². The van der Waals surface area contributed by atoms with Gasteiger partial charge in [-0.15, -0.1) is 0 Å². The highest BCUT2D eigenvalue weighted by molar-refractivity contribution is 9.10. The molecule has 0 unspecified atom stereocenters. The van der Waals surface area contributed by atoms with Gasteiger partial charge in [-0.2, -0.15) is 0 Å². The molecule has 0 saturated heterocycles. The number of carboxylic acid groups (broad SMARTS) is 1. The topological polar surface area (TPSA) is 62.2 Å². The number of rotatable bonds is 3. The molecule has 6 heteroatoms. The highest BCUT2D eigenvalue weighted by Crippen LogP contribution is 2.26. The maximum Gasteiger partial charge on any atom is 0.290 e. The number of nitrogens with zero attached hydrogens (tertiary/aromatic N) is 1. The van der Waals surface area contributed by atoms with Crippen molar-refractivity contribution in [2.24, 2.45) is 5.92 Å². The molecule has 0 radical (unpaired) electrons. The summed E-state index contributed by atoms with van der Waals surface area (Å²) in [6, 6.07) is 1.86. The minimum Gasteiger partial charge on any atom is -0.483 e. The second-order valence-corrected chi connectivity index (χ2v) is 5.38. The highest BCUT2D eigenvalue weighted by atomic mass is 79.9. The molecule has 1 heterocycles. The van der Waals surface area contributed by atoms with Crippen LogP contribution in [-0.2, 0) is 4.79 Å². The van der Waals surface area contributed by atoms with Crippen LogP contribution < -0.4 is 5.32 Å². The number of halogens is 2. The summed E-state index contributed by atoms with van der Waals surface area (Å²) in [5, 5.41) is 10.9. The average molecular weight is 336 g/mol. The molecule has 2 N–H and O–H groups in total. The van der Waals surface area contributed by atoms with Crippen LogP contribution in [-0.4, -0.2) is 23.1 Å². The molecule has 100 valence electrons. The molecule has 0 aliphatic heterocycles. The minimum absolute atomic E-state index is 0.250. The molecular weight excluding hydrogens is 320 g/mol. The molecular formula is C12H16BrClN2O2. The first-order valence-electron chi connectivity index (χ1n) is 5.80. The zero-order valence-corrected chi connectivity index (χ0v) is 12.2. The predicted octanol–water partition coefficient (Wildman–Crippen LogP) is 3.80. The van der Waals surface area contributed by atoms with E-state index in [-0.39, 0.29) is 6.47 Å². The summed E-state index contributed by atoms with van der Waals surface area (Å²) in [7, 11) is 0. The summed E-state index contributed by atoms with van der Waals surface area (Å²) in [6.07, 6.45) is 7.18. The van der Waals surface area contributed by atoms with Crippen LogP contribution in [0.15, 0.2) is 16.7 Å². The Morgan fingerprint density at radius 1 is 1.56 bits per heavy atom. The van der Waals surface area contributed by atoms with Crippen LogP contribution in [0.25, 0.3) is 0 Å². The van der Waals surface area contributed by atoms with Crippen molar-refractivity contribution in [1.82, 2.24) is 4.98 Å². The number of hydrogen-bond donors (Lipinski definition) is 2. The summed E-state index contributed by atoms with van der Waals surface area (Å²) in [6.45, 7) is 0.769. The quantitative estimate of drug-likeness (QED) is 0.825. The SMILES string of the molecule is Clc1cc(NCC2CCCC2)ncc1Br.O=CO. The summed E-state index contributed by atoms with van der Waals surface area (Å²) in [5.41, 5.74) is 0. The van der Waals surface area contributed by atoms with E-state index in [0.717, 1.165) is 22.8 Å². The third-order valence-corrected chi connectivity index (χ3v) is 4.03. The molecule has 4 nitrogen and oxygen atoms in total. The normalized spacial score (nSPS) is 14.8. The first-order valence-corrected chi connectivity index (χ1v) is 6.97. The van der Waals surface area contributed by atoms with Crippen molar-refractivity contribution in [3.05, 3.63) is 21.8 Å². The number of anilines is 1. The Morgan fingerprint density at radius 2 is 2.17 bits per heavy atom. The Morgan fingerprint density at radius 3 is 2.72 bits per heavy atom. The van der Waals surface area contributed by atoms with E-state index in [1.54, 1.807) is 6.20 Å². The van der Waals surface area contributed by atoms with Crippen LogP contribution in [0.4, 0.5) is 5.82 Å². The van der Waals surface area contributed by atoms with E-state index in [1.807, 2.05) is 6.07 Å². The summed E-state index contributed by atoms with van der Waals surface area (Å²) < 4.78 is 0.843. The van der Waals surface area contributed by atoms with Gasteiger partial charge in [0.15, 0.2) is 0 Å². The Balaban J connectivity index is 0.000000492. The number of carbonyl (C=O) groups is 1. The van der Waals surface area contributed by atoms with E-state index in [2.05, 4.69) is 26.2 Å². The van der Waals surface area contributed by atoms with Gasteiger partial charge in [-0.3, -0.25) is 4.79 Å². The number of hydrogen-bond acceptors (Lipinski definition) is 3. The molecule has 2 rings (SSSR count). The maximum absolute atomic E-state index is 8.36. The maximum atomic E-state index is 8.36. The van der Waals surface area contributed by atoms with Crippen molar-refractivity contribution in [1.29, 1.82) is 0 Å². The lowest BCUT2D eigenvalue weighted by molar-refractivity contribution is -0.122. The van der Waals surface area contributed by atoms with Gasteiger partial charge in [0.05, 0.1) is 9.50 Å². The Kier molecular flexibility index (Phi) is 7.05. The van der Waals surface area contributed by atoms with Gasteiger partial charge in [-0.1, -0.05) is 24.4 Å². The fraction of sp³-hybridized carbons (Fsp3) is 0.500. The van der Waals surface area contributed by atoms with Gasteiger partial charge in [0.1, 0.15) is 5.82 Å². The molecule has 1 aromatic rings. The summed E-state index contributed by atoms with van der Waals surface area (Å²) >= 11 is 9.31. The molecule has 1 aliphatic rings. The van der Waals surface area contributed by atoms with Crippen LogP contribution in [0.2, 0.25) is 5.02 Å². The van der Waals surface area contributed by atoms with Gasteiger partial charge in [0.25, 0.3) is 6.47 Å². The Labute approximate surface area is 120 Å². The van der Waals surface area contributed by atoms with Crippen LogP contribution in [0.5, 0.6) is 0 Å². The molecule has 1 fully saturated rings. The van der Waals surface area contributed by atoms with Gasteiger partial charge >= 0.3 is 0 Å². The molecule has 18 heavy (non-hydrogen) atoms. The van der Waals surface area contributed by atoms with Crippen LogP contribution in [0, 0.1) is 5.92 Å². The summed E-state index contributed by atoms with van der Waals surface area (Å²) in [4.78, 5) is 12.6. The largest absolute Gasteiger partial charge is 0.483 e. The first-order chi connectivity index (χ1) is 8.67. The van der Waals surface area contributed by atoms with E-state index in [9.17, 15) is 0 Å². The molecule has 1 saturated carbocycles. The molecule has 0 aromatic carbocycles. The standard InChI is InChI=1S/C11H14BrClN2.CH2O2/c12-9-7-15-11(5-10(9)13)14-6-8-3-1-2-4-8;2-1-3/h5,7-8H,1-4,6H2,(H,14,15);1H,(H,2,3). The molecule has 0 amide bonds. The molecule has 0 atom stereocenters. The van der Waals surface area contributed by atoms with E-state index in [4.69, 9.17) is 21.5 Å². The van der Waals surface area contributed by atoms with Crippen molar-refractivity contribution in [3.8, 4) is 0 Å². The van der Waals surface area contributed by atoms with Gasteiger partial charge in [0.2, 0.25) is 0 Å². The number of aromatic nitrogens is 1. The van der Waals surface area contributed by atoms with Crippen molar-refractivity contribution in [2.45, 2.75) is 25.7 Å². The number of pyridine rings is 1. The third kappa shape index (κ3) is 5.23. The van der Waals surface area contributed by atoms with Gasteiger partial charge in [-0.05, 0) is 34.7 Å². The predicted molar refractivity (Wildman–Crippen MR) is 76.1 cm³/mol. The van der Waals surface area contributed by atoms with E-state index in [1.165, 1.54) is 25.7 Å². The van der Waals surface area contributed by atoms with Crippen LogP contribution in [0.1, 0.15) is 25.7 Å². The molecule has 1 aliphatic carbocycles. The van der Waals surface area contributed by atoms with E-state index >= 15 is 0 Å². The van der Waals surface area contributed by atoms with Crippen LogP contribution in [0.3, 0.4) is 0 Å². The lowest BCUT2D eigenvalue weighted by Crippen LogP contribution is -2.11. The highest BCUT2D eigenvalue weighted by Gasteiger charge is 2.14. The Hall–Kier alpha value is -0.810. The van der Waals surface area contributed by atoms with Gasteiger partial charge < -0.3 is 10.4 Å². The van der Waals surface area contributed by atoms with Crippen molar-refractivity contribution in [2.75, 3.05) is 11.9 Å². The molecule has 0 spiro atoms. The van der Waals surface area contributed by atoms with Crippen molar-refractivity contribution < 1.29 is 9.90 Å². The first kappa shape index (κ1) is 15.2. The fourth-order valence-electron chi connectivity index (χ4n) is 1.97. The minimum atomic E-state index is -0.250. The lowest BCUT2D eigenvalue weighted by atomic mass is 10.1. The Bertz CT molecular complexity index is 384. The zero-order valence-electron chi connectivity index (χ0n) is 9.90. The van der Waals surface area contributed by atoms with Crippen molar-refractivity contribution in [3.63, 3.8) is 0 Å².